The van der Waals surface area contributed by atoms with Crippen LogP contribution in [0.4, 0.5) is 0 Å². The standard InChI is InChI=1S/C15H20N2O2/c18-14(19)10-15(7-3-1-4-8-15)12-16-11-13-6-2-5-9-17-13/h2,5-6,9,11H,1,3-4,7-8,10,12H2,(H,18,19). The Balaban J connectivity index is 2.00. The fourth-order valence-corrected chi connectivity index (χ4v) is 2.80. The van der Waals surface area contributed by atoms with E-state index in [0.717, 1.165) is 31.4 Å². The Kier molecular flexibility index (Phi) is 4.66. The maximum atomic E-state index is 11.0. The lowest BCUT2D eigenvalue weighted by Crippen LogP contribution is -2.30. The number of rotatable bonds is 5. The van der Waals surface area contributed by atoms with Crippen molar-refractivity contribution in [1.29, 1.82) is 0 Å². The molecule has 1 aliphatic carbocycles. The van der Waals surface area contributed by atoms with Gasteiger partial charge in [0.05, 0.1) is 12.1 Å². The predicted molar refractivity (Wildman–Crippen MR) is 74.5 cm³/mol. The summed E-state index contributed by atoms with van der Waals surface area (Å²) < 4.78 is 0. The van der Waals surface area contributed by atoms with Crippen molar-refractivity contribution in [2.75, 3.05) is 6.54 Å². The highest BCUT2D eigenvalue weighted by Gasteiger charge is 2.33. The third-order valence-corrected chi connectivity index (χ3v) is 3.78. The van der Waals surface area contributed by atoms with E-state index in [4.69, 9.17) is 5.11 Å². The summed E-state index contributed by atoms with van der Waals surface area (Å²) >= 11 is 0. The number of aliphatic carboxylic acids is 1. The molecule has 0 radical (unpaired) electrons. The minimum Gasteiger partial charge on any atom is -0.481 e. The van der Waals surface area contributed by atoms with Crippen LogP contribution in [0, 0.1) is 5.41 Å². The average Bonchev–Trinajstić information content (AvgIpc) is 2.40. The van der Waals surface area contributed by atoms with Gasteiger partial charge in [0.15, 0.2) is 0 Å². The number of carboxylic acids is 1. The van der Waals surface area contributed by atoms with Gasteiger partial charge < -0.3 is 5.11 Å². The van der Waals surface area contributed by atoms with Crippen LogP contribution in [0.1, 0.15) is 44.2 Å². The number of aliphatic imine (C=N–C) groups is 1. The highest BCUT2D eigenvalue weighted by Crippen LogP contribution is 2.39. The highest BCUT2D eigenvalue weighted by atomic mass is 16.4. The van der Waals surface area contributed by atoms with E-state index in [1.165, 1.54) is 6.42 Å². The summed E-state index contributed by atoms with van der Waals surface area (Å²) in [5.41, 5.74) is 0.679. The zero-order valence-corrected chi connectivity index (χ0v) is 11.1. The lowest BCUT2D eigenvalue weighted by Gasteiger charge is -2.34. The van der Waals surface area contributed by atoms with E-state index in [0.29, 0.717) is 6.54 Å². The van der Waals surface area contributed by atoms with Crippen molar-refractivity contribution in [2.45, 2.75) is 38.5 Å². The van der Waals surface area contributed by atoms with E-state index < -0.39 is 5.97 Å². The molecule has 0 amide bonds. The third kappa shape index (κ3) is 4.16. The van der Waals surface area contributed by atoms with Gasteiger partial charge >= 0.3 is 5.97 Å². The Bertz CT molecular complexity index is 437. The molecule has 1 heterocycles. The van der Waals surface area contributed by atoms with Crippen molar-refractivity contribution in [1.82, 2.24) is 4.98 Å². The van der Waals surface area contributed by atoms with Crippen molar-refractivity contribution in [3.63, 3.8) is 0 Å². The molecular weight excluding hydrogens is 240 g/mol. The summed E-state index contributed by atoms with van der Waals surface area (Å²) in [6.07, 6.45) is 9.10. The van der Waals surface area contributed by atoms with Crippen LogP contribution in [0.15, 0.2) is 29.4 Å². The molecule has 0 aliphatic heterocycles. The van der Waals surface area contributed by atoms with Crippen LogP contribution in [-0.4, -0.2) is 28.8 Å². The Morgan fingerprint density at radius 2 is 2.16 bits per heavy atom. The summed E-state index contributed by atoms with van der Waals surface area (Å²) in [4.78, 5) is 19.7. The zero-order valence-electron chi connectivity index (χ0n) is 11.1. The minimum absolute atomic E-state index is 0.143. The van der Waals surface area contributed by atoms with Gasteiger partial charge in [-0.05, 0) is 25.0 Å². The summed E-state index contributed by atoms with van der Waals surface area (Å²) in [5, 5.41) is 9.08. The molecule has 0 bridgehead atoms. The third-order valence-electron chi connectivity index (χ3n) is 3.78. The maximum absolute atomic E-state index is 11.0. The zero-order chi connectivity index (χ0) is 13.6. The van der Waals surface area contributed by atoms with E-state index in [2.05, 4.69) is 9.98 Å². The molecule has 4 heteroatoms. The summed E-state index contributed by atoms with van der Waals surface area (Å²) in [5.74, 6) is -0.713. The predicted octanol–water partition coefficient (Wildman–Crippen LogP) is 2.93. The molecule has 0 saturated heterocycles. The van der Waals surface area contributed by atoms with Crippen LogP contribution >= 0.6 is 0 Å². The van der Waals surface area contributed by atoms with Gasteiger partial charge in [-0.2, -0.15) is 0 Å². The molecule has 0 atom stereocenters. The SMILES string of the molecule is O=C(O)CC1(CN=Cc2ccccn2)CCCCC1. The number of aromatic nitrogens is 1. The molecule has 0 spiro atoms. The number of hydrogen-bond acceptors (Lipinski definition) is 3. The molecule has 2 rings (SSSR count). The summed E-state index contributed by atoms with van der Waals surface area (Å²) in [6, 6.07) is 5.68. The van der Waals surface area contributed by atoms with E-state index in [1.807, 2.05) is 18.2 Å². The molecule has 4 nitrogen and oxygen atoms in total. The topological polar surface area (TPSA) is 62.5 Å². The number of carbonyl (C=O) groups is 1. The first-order chi connectivity index (χ1) is 9.20. The minimum atomic E-state index is -0.713. The number of nitrogens with zero attached hydrogens (tertiary/aromatic N) is 2. The molecule has 1 aromatic rings. The number of carboxylic acid groups (broad SMARTS) is 1. The molecule has 1 aliphatic rings. The molecule has 1 saturated carbocycles. The first-order valence-electron chi connectivity index (χ1n) is 6.83. The largest absolute Gasteiger partial charge is 0.481 e. The molecule has 1 aromatic heterocycles. The first kappa shape index (κ1) is 13.7. The summed E-state index contributed by atoms with van der Waals surface area (Å²) in [7, 11) is 0. The normalized spacial score (nSPS) is 18.5. The van der Waals surface area contributed by atoms with E-state index >= 15 is 0 Å². The quantitative estimate of drug-likeness (QED) is 0.828. The van der Waals surface area contributed by atoms with Gasteiger partial charge in [-0.3, -0.25) is 14.8 Å². The molecule has 0 unspecified atom stereocenters. The van der Waals surface area contributed by atoms with Gasteiger partial charge in [0.2, 0.25) is 0 Å². The second kappa shape index (κ2) is 6.45. The van der Waals surface area contributed by atoms with E-state index in [9.17, 15) is 4.79 Å². The van der Waals surface area contributed by atoms with Gasteiger partial charge in [0.1, 0.15) is 0 Å². The average molecular weight is 260 g/mol. The Morgan fingerprint density at radius 3 is 2.79 bits per heavy atom. The lowest BCUT2D eigenvalue weighted by atomic mass is 9.72. The molecule has 1 N–H and O–H groups in total. The fourth-order valence-electron chi connectivity index (χ4n) is 2.80. The van der Waals surface area contributed by atoms with Gasteiger partial charge in [-0.1, -0.05) is 25.3 Å². The van der Waals surface area contributed by atoms with Gasteiger partial charge in [-0.15, -0.1) is 0 Å². The first-order valence-corrected chi connectivity index (χ1v) is 6.83. The van der Waals surface area contributed by atoms with Crippen LogP contribution < -0.4 is 0 Å². The molecule has 19 heavy (non-hydrogen) atoms. The van der Waals surface area contributed by atoms with Crippen molar-refractivity contribution < 1.29 is 9.90 Å². The van der Waals surface area contributed by atoms with Crippen LogP contribution in [0.25, 0.3) is 0 Å². The van der Waals surface area contributed by atoms with Crippen molar-refractivity contribution in [3.8, 4) is 0 Å². The van der Waals surface area contributed by atoms with E-state index in [1.54, 1.807) is 12.4 Å². The van der Waals surface area contributed by atoms with Crippen LogP contribution in [0.5, 0.6) is 0 Å². The second-order valence-electron chi connectivity index (χ2n) is 5.36. The Hall–Kier alpha value is -1.71. The van der Waals surface area contributed by atoms with Crippen molar-refractivity contribution >= 4 is 12.2 Å². The molecule has 1 fully saturated rings. The van der Waals surface area contributed by atoms with Gasteiger partial charge in [0, 0.05) is 24.4 Å². The van der Waals surface area contributed by atoms with Crippen LogP contribution in [-0.2, 0) is 4.79 Å². The number of hydrogen-bond donors (Lipinski definition) is 1. The maximum Gasteiger partial charge on any atom is 0.303 e. The number of pyridine rings is 1. The van der Waals surface area contributed by atoms with Crippen molar-refractivity contribution in [2.24, 2.45) is 10.4 Å². The second-order valence-corrected chi connectivity index (χ2v) is 5.36. The highest BCUT2D eigenvalue weighted by molar-refractivity contribution is 5.76. The fraction of sp³-hybridized carbons (Fsp3) is 0.533. The van der Waals surface area contributed by atoms with E-state index in [-0.39, 0.29) is 11.8 Å². The smallest absolute Gasteiger partial charge is 0.303 e. The molecule has 102 valence electrons. The van der Waals surface area contributed by atoms with Crippen LogP contribution in [0.3, 0.4) is 0 Å². The monoisotopic (exact) mass is 260 g/mol. The van der Waals surface area contributed by atoms with Gasteiger partial charge in [-0.25, -0.2) is 0 Å². The molecular formula is C15H20N2O2. The Labute approximate surface area is 113 Å². The lowest BCUT2D eigenvalue weighted by molar-refractivity contribution is -0.140. The summed E-state index contributed by atoms with van der Waals surface area (Å²) in [6.45, 7) is 0.593. The Morgan fingerprint density at radius 1 is 1.37 bits per heavy atom. The van der Waals surface area contributed by atoms with Gasteiger partial charge in [0.25, 0.3) is 0 Å². The van der Waals surface area contributed by atoms with Crippen LogP contribution in [0.2, 0.25) is 0 Å². The molecule has 0 aromatic carbocycles. The van der Waals surface area contributed by atoms with Crippen molar-refractivity contribution in [3.05, 3.63) is 30.1 Å².